The summed E-state index contributed by atoms with van der Waals surface area (Å²) in [5, 5.41) is 6.83. The van der Waals surface area contributed by atoms with E-state index in [1.165, 1.54) is 16.7 Å². The van der Waals surface area contributed by atoms with Crippen LogP contribution in [0.25, 0.3) is 0 Å². The SMILES string of the molecule is CN=C(NCCCc1ccccc1)NCc1cccc(CN2CCOCC2)c1.I. The van der Waals surface area contributed by atoms with E-state index < -0.39 is 0 Å². The van der Waals surface area contributed by atoms with Gasteiger partial charge in [-0.2, -0.15) is 0 Å². The average molecular weight is 508 g/mol. The van der Waals surface area contributed by atoms with Crippen LogP contribution in [0.3, 0.4) is 0 Å². The molecule has 2 N–H and O–H groups in total. The Hall–Kier alpha value is -1.64. The first-order chi connectivity index (χ1) is 13.8. The molecule has 29 heavy (non-hydrogen) atoms. The van der Waals surface area contributed by atoms with E-state index in [2.05, 4.69) is 75.1 Å². The first-order valence-corrected chi connectivity index (χ1v) is 10.2. The number of hydrogen-bond acceptors (Lipinski definition) is 3. The summed E-state index contributed by atoms with van der Waals surface area (Å²) in [5.74, 6) is 0.853. The number of aliphatic imine (C=N–C) groups is 1. The van der Waals surface area contributed by atoms with E-state index in [9.17, 15) is 0 Å². The van der Waals surface area contributed by atoms with Gasteiger partial charge >= 0.3 is 0 Å². The molecule has 1 heterocycles. The van der Waals surface area contributed by atoms with Gasteiger partial charge in [-0.25, -0.2) is 0 Å². The molecule has 0 amide bonds. The van der Waals surface area contributed by atoms with Crippen LogP contribution in [-0.4, -0.2) is 50.8 Å². The van der Waals surface area contributed by atoms with Crippen molar-refractivity contribution in [2.45, 2.75) is 25.9 Å². The van der Waals surface area contributed by atoms with Crippen molar-refractivity contribution in [3.05, 3.63) is 71.3 Å². The zero-order valence-electron chi connectivity index (χ0n) is 17.3. The lowest BCUT2D eigenvalue weighted by molar-refractivity contribution is 0.0342. The highest BCUT2D eigenvalue weighted by molar-refractivity contribution is 14.0. The second-order valence-corrected chi connectivity index (χ2v) is 7.15. The maximum atomic E-state index is 5.43. The molecule has 0 radical (unpaired) electrons. The molecule has 1 aliphatic rings. The summed E-state index contributed by atoms with van der Waals surface area (Å²) in [7, 11) is 1.82. The molecule has 0 aliphatic carbocycles. The Morgan fingerprint density at radius 3 is 2.45 bits per heavy atom. The zero-order valence-corrected chi connectivity index (χ0v) is 19.6. The van der Waals surface area contributed by atoms with Crippen LogP contribution in [0.1, 0.15) is 23.1 Å². The van der Waals surface area contributed by atoms with Crippen molar-refractivity contribution in [2.24, 2.45) is 4.99 Å². The molecule has 1 aliphatic heterocycles. The van der Waals surface area contributed by atoms with E-state index in [4.69, 9.17) is 4.74 Å². The van der Waals surface area contributed by atoms with Gasteiger partial charge in [0.1, 0.15) is 0 Å². The van der Waals surface area contributed by atoms with Gasteiger partial charge in [0.05, 0.1) is 13.2 Å². The first kappa shape index (κ1) is 23.6. The number of aryl methyl sites for hydroxylation is 1. The van der Waals surface area contributed by atoms with Crippen LogP contribution >= 0.6 is 24.0 Å². The summed E-state index contributed by atoms with van der Waals surface area (Å²) >= 11 is 0. The standard InChI is InChI=1S/C23H32N4O.HI/c1-24-23(25-12-6-11-20-7-3-2-4-8-20)26-18-21-9-5-10-22(17-21)19-27-13-15-28-16-14-27;/h2-5,7-10,17H,6,11-16,18-19H2,1H3,(H2,24,25,26);1H. The Labute approximate surface area is 192 Å². The van der Waals surface area contributed by atoms with Crippen molar-refractivity contribution in [1.82, 2.24) is 15.5 Å². The number of ether oxygens (including phenoxy) is 1. The molecule has 2 aromatic rings. The Balaban J connectivity index is 0.00000300. The van der Waals surface area contributed by atoms with Gasteiger partial charge in [0, 0.05) is 39.8 Å². The fourth-order valence-corrected chi connectivity index (χ4v) is 3.41. The number of halogens is 1. The first-order valence-electron chi connectivity index (χ1n) is 10.2. The third-order valence-electron chi connectivity index (χ3n) is 4.96. The van der Waals surface area contributed by atoms with Gasteiger partial charge in [-0.05, 0) is 29.5 Å². The van der Waals surface area contributed by atoms with E-state index >= 15 is 0 Å². The third kappa shape index (κ3) is 8.72. The summed E-state index contributed by atoms with van der Waals surface area (Å²) in [6, 6.07) is 19.4. The predicted octanol–water partition coefficient (Wildman–Crippen LogP) is 3.43. The quantitative estimate of drug-likeness (QED) is 0.248. The second kappa shape index (κ2) is 13.6. The Bertz CT molecular complexity index is 733. The molecule has 158 valence electrons. The van der Waals surface area contributed by atoms with Crippen LogP contribution in [-0.2, 0) is 24.2 Å². The van der Waals surface area contributed by atoms with E-state index in [1.807, 2.05) is 7.05 Å². The highest BCUT2D eigenvalue weighted by Crippen LogP contribution is 2.10. The molecule has 6 heteroatoms. The van der Waals surface area contributed by atoms with Crippen LogP contribution in [0.2, 0.25) is 0 Å². The third-order valence-corrected chi connectivity index (χ3v) is 4.96. The molecule has 0 unspecified atom stereocenters. The molecule has 0 bridgehead atoms. The molecule has 3 rings (SSSR count). The Morgan fingerprint density at radius 1 is 0.966 bits per heavy atom. The monoisotopic (exact) mass is 508 g/mol. The summed E-state index contributed by atoms with van der Waals surface area (Å²) in [5.41, 5.74) is 4.01. The van der Waals surface area contributed by atoms with Gasteiger partial charge in [-0.3, -0.25) is 9.89 Å². The lowest BCUT2D eigenvalue weighted by atomic mass is 10.1. The lowest BCUT2D eigenvalue weighted by Gasteiger charge is -2.26. The van der Waals surface area contributed by atoms with Crippen molar-refractivity contribution in [3.63, 3.8) is 0 Å². The molecule has 0 saturated carbocycles. The highest BCUT2D eigenvalue weighted by atomic mass is 127. The minimum atomic E-state index is 0. The lowest BCUT2D eigenvalue weighted by Crippen LogP contribution is -2.37. The maximum Gasteiger partial charge on any atom is 0.191 e. The molecule has 5 nitrogen and oxygen atoms in total. The van der Waals surface area contributed by atoms with Crippen molar-refractivity contribution >= 4 is 29.9 Å². The van der Waals surface area contributed by atoms with Crippen molar-refractivity contribution in [1.29, 1.82) is 0 Å². The van der Waals surface area contributed by atoms with E-state index in [0.717, 1.165) is 64.7 Å². The van der Waals surface area contributed by atoms with Gasteiger partial charge in [0.15, 0.2) is 5.96 Å². The number of hydrogen-bond donors (Lipinski definition) is 2. The zero-order chi connectivity index (χ0) is 19.4. The van der Waals surface area contributed by atoms with Crippen LogP contribution in [0.15, 0.2) is 59.6 Å². The van der Waals surface area contributed by atoms with Crippen LogP contribution < -0.4 is 10.6 Å². The van der Waals surface area contributed by atoms with E-state index in [-0.39, 0.29) is 24.0 Å². The fraction of sp³-hybridized carbons (Fsp3) is 0.435. The summed E-state index contributed by atoms with van der Waals surface area (Å²) in [4.78, 5) is 6.78. The van der Waals surface area contributed by atoms with Gasteiger partial charge < -0.3 is 15.4 Å². The smallest absolute Gasteiger partial charge is 0.191 e. The number of morpholine rings is 1. The van der Waals surface area contributed by atoms with Gasteiger partial charge in [0.2, 0.25) is 0 Å². The van der Waals surface area contributed by atoms with Crippen molar-refractivity contribution in [3.8, 4) is 0 Å². The molecule has 1 saturated heterocycles. The number of nitrogens with zero attached hydrogens (tertiary/aromatic N) is 2. The maximum absolute atomic E-state index is 5.43. The molecular formula is C23H33IN4O. The molecule has 0 aromatic heterocycles. The Kier molecular flexibility index (Phi) is 11.1. The minimum Gasteiger partial charge on any atom is -0.379 e. The molecule has 0 spiro atoms. The number of guanidine groups is 1. The minimum absolute atomic E-state index is 0. The largest absolute Gasteiger partial charge is 0.379 e. The van der Waals surface area contributed by atoms with Gasteiger partial charge in [-0.15, -0.1) is 24.0 Å². The number of nitrogens with one attached hydrogen (secondary N) is 2. The van der Waals surface area contributed by atoms with Crippen LogP contribution in [0.5, 0.6) is 0 Å². The number of benzene rings is 2. The molecule has 2 aromatic carbocycles. The van der Waals surface area contributed by atoms with E-state index in [1.54, 1.807) is 0 Å². The predicted molar refractivity (Wildman–Crippen MR) is 131 cm³/mol. The van der Waals surface area contributed by atoms with Crippen LogP contribution in [0.4, 0.5) is 0 Å². The van der Waals surface area contributed by atoms with Gasteiger partial charge in [-0.1, -0.05) is 54.6 Å². The van der Waals surface area contributed by atoms with Crippen molar-refractivity contribution < 1.29 is 4.74 Å². The topological polar surface area (TPSA) is 48.9 Å². The Morgan fingerprint density at radius 2 is 1.69 bits per heavy atom. The summed E-state index contributed by atoms with van der Waals surface area (Å²) < 4.78 is 5.43. The van der Waals surface area contributed by atoms with Crippen LogP contribution in [0, 0.1) is 0 Å². The highest BCUT2D eigenvalue weighted by Gasteiger charge is 2.10. The summed E-state index contributed by atoms with van der Waals surface area (Å²) in [6.07, 6.45) is 2.16. The molecule has 0 atom stereocenters. The second-order valence-electron chi connectivity index (χ2n) is 7.15. The molecular weight excluding hydrogens is 475 g/mol. The fourth-order valence-electron chi connectivity index (χ4n) is 3.41. The normalized spacial score (nSPS) is 14.9. The van der Waals surface area contributed by atoms with Gasteiger partial charge in [0.25, 0.3) is 0 Å². The average Bonchev–Trinajstić information content (AvgIpc) is 2.75. The van der Waals surface area contributed by atoms with E-state index in [0.29, 0.717) is 0 Å². The molecule has 1 fully saturated rings. The summed E-state index contributed by atoms with van der Waals surface area (Å²) in [6.45, 7) is 6.38. The van der Waals surface area contributed by atoms with Crippen molar-refractivity contribution in [2.75, 3.05) is 39.9 Å². The number of rotatable bonds is 8.